The molecule has 0 amide bonds. The fourth-order valence-corrected chi connectivity index (χ4v) is 6.01. The molecule has 2 aromatic heterocycles. The molecule has 0 spiro atoms. The summed E-state index contributed by atoms with van der Waals surface area (Å²) in [6, 6.07) is 9.87. The SMILES string of the molecule is COc1cnn(-c2ccc(Nc3nc(Nc4cc(OC)c(C(C)(C)C)cc4C4CC4)ncc3Cl)c(P(C)(C)=O)c2)c1. The zero-order valence-corrected chi connectivity index (χ0v) is 26.1. The van der Waals surface area contributed by atoms with Crippen molar-refractivity contribution in [3.63, 3.8) is 0 Å². The lowest BCUT2D eigenvalue weighted by Crippen LogP contribution is -2.14. The highest BCUT2D eigenvalue weighted by Gasteiger charge is 2.30. The normalized spacial score (nSPS) is 13.7. The summed E-state index contributed by atoms with van der Waals surface area (Å²) in [5.74, 6) is 2.74. The Hall–Kier alpha value is -3.55. The molecule has 0 unspecified atom stereocenters. The monoisotopic (exact) mass is 594 g/mol. The Labute approximate surface area is 246 Å². The molecule has 0 radical (unpaired) electrons. The maximum atomic E-state index is 13.3. The number of nitrogens with zero attached hydrogens (tertiary/aromatic N) is 4. The van der Waals surface area contributed by atoms with Gasteiger partial charge in [-0.25, -0.2) is 9.67 Å². The minimum atomic E-state index is -2.71. The molecule has 1 aliphatic rings. The van der Waals surface area contributed by atoms with Crippen molar-refractivity contribution < 1.29 is 14.0 Å². The fraction of sp³-hybridized carbons (Fsp3) is 0.367. The van der Waals surface area contributed by atoms with Crippen LogP contribution in [0.3, 0.4) is 0 Å². The van der Waals surface area contributed by atoms with E-state index in [2.05, 4.69) is 47.6 Å². The number of hydrogen-bond donors (Lipinski definition) is 2. The van der Waals surface area contributed by atoms with Gasteiger partial charge in [0.25, 0.3) is 0 Å². The first-order chi connectivity index (χ1) is 19.4. The van der Waals surface area contributed by atoms with E-state index in [1.165, 1.54) is 11.1 Å². The number of nitrogens with one attached hydrogen (secondary N) is 2. The molecule has 5 rings (SSSR count). The minimum Gasteiger partial charge on any atom is -0.496 e. The Morgan fingerprint density at radius 2 is 1.78 bits per heavy atom. The lowest BCUT2D eigenvalue weighted by Gasteiger charge is -2.25. The number of ether oxygens (including phenoxy) is 2. The summed E-state index contributed by atoms with van der Waals surface area (Å²) in [5, 5.41) is 12.0. The van der Waals surface area contributed by atoms with Gasteiger partial charge >= 0.3 is 0 Å². The Bertz CT molecular complexity index is 1640. The number of methoxy groups -OCH3 is 2. The second kappa shape index (κ2) is 11.0. The van der Waals surface area contributed by atoms with E-state index in [4.69, 9.17) is 26.1 Å². The molecule has 2 N–H and O–H groups in total. The van der Waals surface area contributed by atoms with Gasteiger partial charge in [0.2, 0.25) is 5.95 Å². The topological polar surface area (TPSA) is 103 Å². The van der Waals surface area contributed by atoms with E-state index < -0.39 is 7.14 Å². The van der Waals surface area contributed by atoms with Gasteiger partial charge in [-0.1, -0.05) is 32.4 Å². The van der Waals surface area contributed by atoms with E-state index in [1.807, 2.05) is 24.3 Å². The summed E-state index contributed by atoms with van der Waals surface area (Å²) >= 11 is 6.54. The van der Waals surface area contributed by atoms with Crippen LogP contribution in [0.4, 0.5) is 23.1 Å². The fourth-order valence-electron chi connectivity index (χ4n) is 4.72. The summed E-state index contributed by atoms with van der Waals surface area (Å²) in [6.07, 6.45) is 7.24. The van der Waals surface area contributed by atoms with Crippen molar-refractivity contribution in [2.24, 2.45) is 0 Å². The minimum absolute atomic E-state index is 0.0594. The van der Waals surface area contributed by atoms with Gasteiger partial charge in [-0.2, -0.15) is 10.1 Å². The zero-order chi connectivity index (χ0) is 29.5. The highest BCUT2D eigenvalue weighted by molar-refractivity contribution is 7.70. The number of aromatic nitrogens is 4. The first-order valence-electron chi connectivity index (χ1n) is 13.4. The Morgan fingerprint density at radius 3 is 2.39 bits per heavy atom. The average Bonchev–Trinajstić information content (AvgIpc) is 3.65. The van der Waals surface area contributed by atoms with Crippen molar-refractivity contribution in [1.82, 2.24) is 19.7 Å². The van der Waals surface area contributed by atoms with Crippen molar-refractivity contribution in [3.05, 3.63) is 65.1 Å². The molecule has 0 saturated heterocycles. The number of halogens is 1. The van der Waals surface area contributed by atoms with Crippen LogP contribution in [-0.4, -0.2) is 47.3 Å². The second-order valence-electron chi connectivity index (χ2n) is 11.7. The summed E-state index contributed by atoms with van der Waals surface area (Å²) in [4.78, 5) is 9.14. The summed E-state index contributed by atoms with van der Waals surface area (Å²) < 4.78 is 26.0. The first kappa shape index (κ1) is 29.0. The van der Waals surface area contributed by atoms with Gasteiger partial charge < -0.3 is 24.7 Å². The van der Waals surface area contributed by atoms with Crippen LogP contribution in [0.1, 0.15) is 50.7 Å². The largest absolute Gasteiger partial charge is 0.496 e. The van der Waals surface area contributed by atoms with Gasteiger partial charge in [0.1, 0.15) is 17.9 Å². The average molecular weight is 595 g/mol. The molecule has 11 heteroatoms. The molecule has 1 fully saturated rings. The van der Waals surface area contributed by atoms with Crippen LogP contribution in [0, 0.1) is 0 Å². The Balaban J connectivity index is 1.48. The number of benzene rings is 2. The van der Waals surface area contributed by atoms with Crippen LogP contribution in [0.2, 0.25) is 5.02 Å². The molecular formula is C30H36ClN6O3P. The third-order valence-electron chi connectivity index (χ3n) is 7.06. The van der Waals surface area contributed by atoms with Gasteiger partial charge in [0.05, 0.1) is 44.2 Å². The van der Waals surface area contributed by atoms with E-state index in [1.54, 1.807) is 50.8 Å². The lowest BCUT2D eigenvalue weighted by molar-refractivity contribution is 0.397. The Morgan fingerprint density at radius 1 is 1.02 bits per heavy atom. The standard InChI is InChI=1S/C30H36ClN6O3P/c1-30(2,3)22-13-21(18-8-9-18)25(14-26(22)40-5)35-29-32-16-23(31)28(36-29)34-24-11-10-19(12-27(24)41(6,7)38)37-17-20(39-4)15-33-37/h10-18H,8-9H2,1-7H3,(H2,32,34,35,36). The number of rotatable bonds is 9. The molecule has 9 nitrogen and oxygen atoms in total. The van der Waals surface area contributed by atoms with Crippen LogP contribution < -0.4 is 25.4 Å². The highest BCUT2D eigenvalue weighted by Crippen LogP contribution is 2.48. The van der Waals surface area contributed by atoms with Crippen LogP contribution in [-0.2, 0) is 9.98 Å². The molecule has 1 saturated carbocycles. The third kappa shape index (κ3) is 6.36. The van der Waals surface area contributed by atoms with Crippen molar-refractivity contribution in [2.45, 2.75) is 44.9 Å². The van der Waals surface area contributed by atoms with E-state index in [9.17, 15) is 4.57 Å². The van der Waals surface area contributed by atoms with E-state index >= 15 is 0 Å². The van der Waals surface area contributed by atoms with Crippen molar-refractivity contribution in [2.75, 3.05) is 38.2 Å². The summed E-state index contributed by atoms with van der Waals surface area (Å²) in [5.41, 5.74) is 4.65. The highest BCUT2D eigenvalue weighted by atomic mass is 35.5. The van der Waals surface area contributed by atoms with Crippen molar-refractivity contribution in [1.29, 1.82) is 0 Å². The lowest BCUT2D eigenvalue weighted by atomic mass is 9.84. The van der Waals surface area contributed by atoms with Crippen LogP contribution in [0.5, 0.6) is 11.5 Å². The molecular weight excluding hydrogens is 559 g/mol. The first-order valence-corrected chi connectivity index (χ1v) is 16.4. The second-order valence-corrected chi connectivity index (χ2v) is 15.3. The van der Waals surface area contributed by atoms with Crippen LogP contribution in [0.25, 0.3) is 5.69 Å². The van der Waals surface area contributed by atoms with Crippen LogP contribution in [0.15, 0.2) is 48.9 Å². The maximum Gasteiger partial charge on any atom is 0.229 e. The van der Waals surface area contributed by atoms with Crippen LogP contribution >= 0.6 is 18.7 Å². The molecule has 0 bridgehead atoms. The third-order valence-corrected chi connectivity index (χ3v) is 8.87. The smallest absolute Gasteiger partial charge is 0.229 e. The maximum absolute atomic E-state index is 13.3. The predicted octanol–water partition coefficient (Wildman–Crippen LogP) is 7.24. The van der Waals surface area contributed by atoms with Crippen molar-refractivity contribution >= 4 is 47.2 Å². The van der Waals surface area contributed by atoms with Gasteiger partial charge in [-0.05, 0) is 72.9 Å². The number of hydrogen-bond acceptors (Lipinski definition) is 8. The molecule has 2 heterocycles. The van der Waals surface area contributed by atoms with Gasteiger partial charge in [-0.15, -0.1) is 0 Å². The molecule has 1 aliphatic carbocycles. The van der Waals surface area contributed by atoms with E-state index in [0.717, 1.165) is 30.0 Å². The number of anilines is 4. The summed E-state index contributed by atoms with van der Waals surface area (Å²) in [7, 11) is 0.569. The molecule has 2 aromatic carbocycles. The summed E-state index contributed by atoms with van der Waals surface area (Å²) in [6.45, 7) is 10.0. The quantitative estimate of drug-likeness (QED) is 0.195. The molecule has 41 heavy (non-hydrogen) atoms. The molecule has 0 aliphatic heterocycles. The van der Waals surface area contributed by atoms with E-state index in [-0.39, 0.29) is 5.41 Å². The van der Waals surface area contributed by atoms with Gasteiger partial charge in [0.15, 0.2) is 11.6 Å². The molecule has 0 atom stereocenters. The van der Waals surface area contributed by atoms with Gasteiger partial charge in [-0.3, -0.25) is 0 Å². The van der Waals surface area contributed by atoms with Crippen molar-refractivity contribution in [3.8, 4) is 17.2 Å². The van der Waals surface area contributed by atoms with E-state index in [0.29, 0.717) is 39.4 Å². The predicted molar refractivity (Wildman–Crippen MR) is 166 cm³/mol. The molecule has 4 aromatic rings. The zero-order valence-electron chi connectivity index (χ0n) is 24.4. The molecule has 216 valence electrons. The Kier molecular flexibility index (Phi) is 7.79. The van der Waals surface area contributed by atoms with Gasteiger partial charge in [0, 0.05) is 17.1 Å².